The van der Waals surface area contributed by atoms with Gasteiger partial charge in [0.2, 0.25) is 5.91 Å². The van der Waals surface area contributed by atoms with Crippen molar-refractivity contribution >= 4 is 22.8 Å². The van der Waals surface area contributed by atoms with E-state index in [0.717, 1.165) is 11.8 Å². The van der Waals surface area contributed by atoms with E-state index in [1.807, 2.05) is 0 Å². The Hall–Kier alpha value is -0.550. The highest BCUT2D eigenvalue weighted by atomic mass is 32.2. The second-order valence-corrected chi connectivity index (χ2v) is 3.57. The lowest BCUT2D eigenvalue weighted by molar-refractivity contribution is -0.134. The molecule has 1 atom stereocenters. The van der Waals surface area contributed by atoms with E-state index in [2.05, 4.69) is 10.3 Å². The highest BCUT2D eigenvalue weighted by molar-refractivity contribution is 8.13. The highest BCUT2D eigenvalue weighted by Crippen LogP contribution is 2.08. The van der Waals surface area contributed by atoms with Gasteiger partial charge in [-0.15, -0.1) is 0 Å². The molecule has 1 amide bonds. The molecule has 70 valence electrons. The molecular formula is C7H13NO3S. The largest absolute Gasteiger partial charge is 0.288 e. The van der Waals surface area contributed by atoms with Crippen LogP contribution in [0.1, 0.15) is 13.8 Å². The lowest BCUT2D eigenvalue weighted by Crippen LogP contribution is -2.29. The van der Waals surface area contributed by atoms with Gasteiger partial charge in [0, 0.05) is 18.6 Å². The van der Waals surface area contributed by atoms with Crippen molar-refractivity contribution < 1.29 is 14.4 Å². The minimum Gasteiger partial charge on any atom is -0.288 e. The fourth-order valence-corrected chi connectivity index (χ4v) is 1.16. The van der Waals surface area contributed by atoms with Crippen molar-refractivity contribution in [2.45, 2.75) is 13.8 Å². The summed E-state index contributed by atoms with van der Waals surface area (Å²) in [6.07, 6.45) is 0. The molecule has 0 saturated heterocycles. The molecule has 1 unspecified atom stereocenters. The number of carbonyl (C=O) groups is 2. The predicted octanol–water partition coefficient (Wildman–Crippen LogP) is 0.580. The Balaban J connectivity index is 3.63. The molecule has 5 heteroatoms. The van der Waals surface area contributed by atoms with Crippen LogP contribution in [0.15, 0.2) is 0 Å². The van der Waals surface area contributed by atoms with E-state index in [1.165, 1.54) is 14.0 Å². The molecule has 4 nitrogen and oxygen atoms in total. The molecule has 0 aliphatic heterocycles. The van der Waals surface area contributed by atoms with Crippen molar-refractivity contribution in [1.29, 1.82) is 0 Å². The summed E-state index contributed by atoms with van der Waals surface area (Å²) in [4.78, 5) is 26.0. The maximum absolute atomic E-state index is 11.0. The fraction of sp³-hybridized carbons (Fsp3) is 0.714. The fourth-order valence-electron chi connectivity index (χ4n) is 0.519. The third-order valence-electron chi connectivity index (χ3n) is 1.19. The van der Waals surface area contributed by atoms with Crippen LogP contribution in [0, 0.1) is 5.92 Å². The van der Waals surface area contributed by atoms with Crippen molar-refractivity contribution in [1.82, 2.24) is 5.48 Å². The Labute approximate surface area is 76.0 Å². The highest BCUT2D eigenvalue weighted by Gasteiger charge is 2.12. The summed E-state index contributed by atoms with van der Waals surface area (Å²) < 4.78 is 0. The SMILES string of the molecule is CONC(=O)C(C)CSC(C)=O. The Morgan fingerprint density at radius 1 is 1.58 bits per heavy atom. The number of nitrogens with one attached hydrogen (secondary N) is 1. The first-order valence-corrected chi connectivity index (χ1v) is 4.52. The van der Waals surface area contributed by atoms with Crippen LogP contribution in [0.2, 0.25) is 0 Å². The third-order valence-corrected chi connectivity index (χ3v) is 2.26. The molecule has 0 aliphatic carbocycles. The standard InChI is InChI=1S/C7H13NO3S/c1-5(4-12-6(2)9)7(10)8-11-3/h5H,4H2,1-3H3,(H,8,10). The quantitative estimate of drug-likeness (QED) is 0.660. The van der Waals surface area contributed by atoms with Gasteiger partial charge in [0.25, 0.3) is 0 Å². The molecule has 0 radical (unpaired) electrons. The average molecular weight is 191 g/mol. The van der Waals surface area contributed by atoms with Crippen molar-refractivity contribution in [3.05, 3.63) is 0 Å². The second-order valence-electron chi connectivity index (χ2n) is 2.37. The molecule has 0 rings (SSSR count). The van der Waals surface area contributed by atoms with E-state index in [0.29, 0.717) is 5.75 Å². The zero-order valence-corrected chi connectivity index (χ0v) is 8.23. The van der Waals surface area contributed by atoms with Crippen LogP contribution in [-0.4, -0.2) is 23.9 Å². The lowest BCUT2D eigenvalue weighted by Gasteiger charge is -2.08. The van der Waals surface area contributed by atoms with E-state index in [1.54, 1.807) is 6.92 Å². The minimum atomic E-state index is -0.209. The Kier molecular flexibility index (Phi) is 5.74. The van der Waals surface area contributed by atoms with E-state index in [9.17, 15) is 9.59 Å². The number of hydrogen-bond donors (Lipinski definition) is 1. The normalized spacial score (nSPS) is 12.2. The van der Waals surface area contributed by atoms with Gasteiger partial charge in [0.1, 0.15) is 0 Å². The molecule has 0 saturated carbocycles. The van der Waals surface area contributed by atoms with Gasteiger partial charge in [-0.25, -0.2) is 5.48 Å². The first kappa shape index (κ1) is 11.4. The van der Waals surface area contributed by atoms with Crippen molar-refractivity contribution in [2.75, 3.05) is 12.9 Å². The van der Waals surface area contributed by atoms with Crippen LogP contribution in [0.4, 0.5) is 0 Å². The molecule has 0 aromatic heterocycles. The Morgan fingerprint density at radius 3 is 2.58 bits per heavy atom. The maximum Gasteiger partial charge on any atom is 0.247 e. The summed E-state index contributed by atoms with van der Waals surface area (Å²) in [6, 6.07) is 0. The van der Waals surface area contributed by atoms with Crippen molar-refractivity contribution in [3.63, 3.8) is 0 Å². The predicted molar refractivity (Wildman–Crippen MR) is 47.5 cm³/mol. The van der Waals surface area contributed by atoms with E-state index in [4.69, 9.17) is 0 Å². The van der Waals surface area contributed by atoms with Gasteiger partial charge in [0.05, 0.1) is 7.11 Å². The molecule has 0 fully saturated rings. The van der Waals surface area contributed by atoms with Gasteiger partial charge >= 0.3 is 0 Å². The van der Waals surface area contributed by atoms with Crippen LogP contribution >= 0.6 is 11.8 Å². The molecule has 0 aliphatic rings. The van der Waals surface area contributed by atoms with Crippen LogP contribution in [-0.2, 0) is 14.4 Å². The van der Waals surface area contributed by atoms with Crippen LogP contribution in [0.25, 0.3) is 0 Å². The zero-order chi connectivity index (χ0) is 9.56. The van der Waals surface area contributed by atoms with Gasteiger partial charge < -0.3 is 0 Å². The van der Waals surface area contributed by atoms with E-state index in [-0.39, 0.29) is 16.9 Å². The molecule has 0 heterocycles. The minimum absolute atomic E-state index is 0.0204. The van der Waals surface area contributed by atoms with E-state index >= 15 is 0 Å². The summed E-state index contributed by atoms with van der Waals surface area (Å²) >= 11 is 1.14. The lowest BCUT2D eigenvalue weighted by atomic mass is 10.2. The van der Waals surface area contributed by atoms with Gasteiger partial charge in [-0.1, -0.05) is 18.7 Å². The number of thioether (sulfide) groups is 1. The van der Waals surface area contributed by atoms with Crippen LogP contribution < -0.4 is 5.48 Å². The number of hydrogen-bond acceptors (Lipinski definition) is 4. The summed E-state index contributed by atoms with van der Waals surface area (Å²) in [6.45, 7) is 3.22. The number of carbonyl (C=O) groups excluding carboxylic acids is 2. The summed E-state index contributed by atoms with van der Waals surface area (Å²) in [5, 5.41) is 0.0204. The second kappa shape index (κ2) is 6.02. The number of amides is 1. The molecule has 0 bridgehead atoms. The monoisotopic (exact) mass is 191 g/mol. The molecule has 1 N–H and O–H groups in total. The first-order valence-electron chi connectivity index (χ1n) is 3.54. The first-order chi connectivity index (χ1) is 5.57. The number of rotatable bonds is 4. The summed E-state index contributed by atoms with van der Waals surface area (Å²) in [5.41, 5.74) is 2.21. The molecule has 0 aromatic carbocycles. The molecule has 0 aromatic rings. The smallest absolute Gasteiger partial charge is 0.247 e. The third kappa shape index (κ3) is 5.15. The van der Waals surface area contributed by atoms with E-state index < -0.39 is 0 Å². The zero-order valence-electron chi connectivity index (χ0n) is 7.42. The van der Waals surface area contributed by atoms with Gasteiger partial charge in [-0.2, -0.15) is 0 Å². The summed E-state index contributed by atoms with van der Waals surface area (Å²) in [5.74, 6) is 0.0787. The Morgan fingerprint density at radius 2 is 2.17 bits per heavy atom. The molecule has 0 spiro atoms. The summed E-state index contributed by atoms with van der Waals surface area (Å²) in [7, 11) is 1.38. The van der Waals surface area contributed by atoms with Crippen molar-refractivity contribution in [2.24, 2.45) is 5.92 Å². The molecular weight excluding hydrogens is 178 g/mol. The molecule has 12 heavy (non-hydrogen) atoms. The van der Waals surface area contributed by atoms with Gasteiger partial charge in [-0.05, 0) is 0 Å². The van der Waals surface area contributed by atoms with Crippen LogP contribution in [0.5, 0.6) is 0 Å². The maximum atomic E-state index is 11.0. The Bertz CT molecular complexity index is 172. The van der Waals surface area contributed by atoms with Gasteiger partial charge in [-0.3, -0.25) is 14.4 Å². The van der Waals surface area contributed by atoms with Crippen molar-refractivity contribution in [3.8, 4) is 0 Å². The van der Waals surface area contributed by atoms with Crippen LogP contribution in [0.3, 0.4) is 0 Å². The topological polar surface area (TPSA) is 55.4 Å². The number of hydroxylamine groups is 1. The van der Waals surface area contributed by atoms with Gasteiger partial charge in [0.15, 0.2) is 5.12 Å². The average Bonchev–Trinajstić information content (AvgIpc) is 2.00.